The molecule has 0 aromatic rings. The number of unbranched alkanes of at least 4 members (excludes halogenated alkanes) is 20. The van der Waals surface area contributed by atoms with E-state index in [1.807, 2.05) is 6.08 Å². The van der Waals surface area contributed by atoms with Crippen LogP contribution in [-0.4, -0.2) is 37.2 Å². The predicted octanol–water partition coefficient (Wildman–Crippen LogP) is 14.5. The summed E-state index contributed by atoms with van der Waals surface area (Å²) >= 11 is 0. The van der Waals surface area contributed by atoms with Crippen LogP contribution in [0.1, 0.15) is 213 Å². The molecule has 0 heterocycles. The third-order valence-electron chi connectivity index (χ3n) is 9.57. The quantitative estimate of drug-likeness (QED) is 0.0267. The third-order valence-corrected chi connectivity index (χ3v) is 9.57. The van der Waals surface area contributed by atoms with E-state index in [0.717, 1.165) is 70.6 Å². The minimum absolute atomic E-state index is 0.101. The molecule has 55 heavy (non-hydrogen) atoms. The van der Waals surface area contributed by atoms with E-state index in [4.69, 9.17) is 14.2 Å². The molecule has 0 aliphatic rings. The smallest absolute Gasteiger partial charge is 0.309 e. The van der Waals surface area contributed by atoms with Crippen molar-refractivity contribution in [3.8, 4) is 0 Å². The van der Waals surface area contributed by atoms with E-state index in [1.54, 1.807) is 6.08 Å². The van der Waals surface area contributed by atoms with Crippen molar-refractivity contribution >= 4 is 17.9 Å². The largest absolute Gasteiger partial charge is 0.462 e. The fraction of sp³-hybridized carbons (Fsp3) is 0.735. The first kappa shape index (κ1) is 52.1. The molecule has 1 atom stereocenters. The Kier molecular flexibility index (Phi) is 41.5. The zero-order valence-corrected chi connectivity index (χ0v) is 35.9. The maximum atomic E-state index is 12.7. The lowest BCUT2D eigenvalue weighted by atomic mass is 10.1. The molecule has 6 nitrogen and oxygen atoms in total. The highest BCUT2D eigenvalue weighted by Crippen LogP contribution is 2.14. The van der Waals surface area contributed by atoms with Crippen molar-refractivity contribution in [2.75, 3.05) is 13.2 Å². The summed E-state index contributed by atoms with van der Waals surface area (Å²) in [5, 5.41) is 0. The van der Waals surface area contributed by atoms with Crippen LogP contribution in [0, 0.1) is 0 Å². The molecule has 0 aliphatic heterocycles. The summed E-state index contributed by atoms with van der Waals surface area (Å²) in [7, 11) is 0. The molecule has 0 aromatic heterocycles. The molecular weight excluding hydrogens is 685 g/mol. The Morgan fingerprint density at radius 3 is 1.11 bits per heavy atom. The highest BCUT2D eigenvalue weighted by atomic mass is 16.6. The number of allylic oxidation sites excluding steroid dienone is 9. The fourth-order valence-electron chi connectivity index (χ4n) is 6.16. The Balaban J connectivity index is 4.49. The SMILES string of the molecule is CC/C=C\C/C=C\C/C=C\C/C=C\C/C=C\CC(=O)OCC(COC(=O)CCCCCCCCCCCCC)OC(=O)CCCCCCCCCCCCC. The van der Waals surface area contributed by atoms with Crippen LogP contribution >= 0.6 is 0 Å². The van der Waals surface area contributed by atoms with Crippen molar-refractivity contribution in [1.29, 1.82) is 0 Å². The van der Waals surface area contributed by atoms with Crippen LogP contribution in [-0.2, 0) is 28.6 Å². The van der Waals surface area contributed by atoms with E-state index in [2.05, 4.69) is 69.4 Å². The van der Waals surface area contributed by atoms with Gasteiger partial charge in [0.2, 0.25) is 0 Å². The van der Waals surface area contributed by atoms with E-state index >= 15 is 0 Å². The van der Waals surface area contributed by atoms with Gasteiger partial charge in [-0.3, -0.25) is 14.4 Å². The maximum Gasteiger partial charge on any atom is 0.309 e. The highest BCUT2D eigenvalue weighted by Gasteiger charge is 2.19. The van der Waals surface area contributed by atoms with Crippen LogP contribution in [0.5, 0.6) is 0 Å². The zero-order valence-electron chi connectivity index (χ0n) is 35.9. The highest BCUT2D eigenvalue weighted by molar-refractivity contribution is 5.72. The Labute approximate surface area is 339 Å². The maximum absolute atomic E-state index is 12.7. The van der Waals surface area contributed by atoms with Crippen LogP contribution in [0.4, 0.5) is 0 Å². The van der Waals surface area contributed by atoms with Crippen molar-refractivity contribution < 1.29 is 28.6 Å². The molecule has 1 unspecified atom stereocenters. The number of esters is 3. The Hall–Kier alpha value is -2.89. The van der Waals surface area contributed by atoms with E-state index < -0.39 is 12.1 Å². The molecule has 0 saturated carbocycles. The first-order chi connectivity index (χ1) is 27.0. The van der Waals surface area contributed by atoms with Crippen LogP contribution in [0.3, 0.4) is 0 Å². The summed E-state index contributed by atoms with van der Waals surface area (Å²) in [6, 6.07) is 0. The van der Waals surface area contributed by atoms with Crippen LogP contribution in [0.25, 0.3) is 0 Å². The standard InChI is InChI=1S/C49H84O6/c1-4-7-10-13-16-19-22-23-24-25-28-30-33-36-39-42-48(51)54-45-46(55-49(52)43-40-37-34-31-27-21-18-15-12-9-6-3)44-53-47(50)41-38-35-32-29-26-20-17-14-11-8-5-2/h7,10,16,19,23-24,28,30,36,39,46H,4-6,8-9,11-15,17-18,20-22,25-27,29,31-35,37-38,40-45H2,1-3H3/b10-7-,19-16-,24-23-,30-28-,39-36-. The normalized spacial score (nSPS) is 12.6. The Morgan fingerprint density at radius 1 is 0.382 bits per heavy atom. The summed E-state index contributed by atoms with van der Waals surface area (Å²) in [6.45, 7) is 6.41. The van der Waals surface area contributed by atoms with Gasteiger partial charge in [-0.25, -0.2) is 0 Å². The molecule has 0 radical (unpaired) electrons. The molecule has 316 valence electrons. The van der Waals surface area contributed by atoms with E-state index in [9.17, 15) is 14.4 Å². The third kappa shape index (κ3) is 42.1. The molecule has 0 saturated heterocycles. The topological polar surface area (TPSA) is 78.9 Å². The summed E-state index contributed by atoms with van der Waals surface area (Å²) in [6.07, 6.45) is 52.2. The first-order valence-electron chi connectivity index (χ1n) is 22.8. The second-order valence-electron chi connectivity index (χ2n) is 15.0. The molecule has 0 aliphatic carbocycles. The molecule has 0 fully saturated rings. The van der Waals surface area contributed by atoms with Gasteiger partial charge in [0.1, 0.15) is 13.2 Å². The lowest BCUT2D eigenvalue weighted by Crippen LogP contribution is -2.30. The number of ether oxygens (including phenoxy) is 3. The molecule has 0 spiro atoms. The van der Waals surface area contributed by atoms with Crippen molar-refractivity contribution in [2.24, 2.45) is 0 Å². The van der Waals surface area contributed by atoms with Gasteiger partial charge in [-0.15, -0.1) is 0 Å². The summed E-state index contributed by atoms with van der Waals surface area (Å²) < 4.78 is 16.6. The number of carbonyl (C=O) groups excluding carboxylic acids is 3. The summed E-state index contributed by atoms with van der Waals surface area (Å²) in [4.78, 5) is 37.6. The average Bonchev–Trinajstić information content (AvgIpc) is 3.18. The molecular formula is C49H84O6. The van der Waals surface area contributed by atoms with Gasteiger partial charge in [-0.2, -0.15) is 0 Å². The van der Waals surface area contributed by atoms with Gasteiger partial charge >= 0.3 is 17.9 Å². The molecule has 0 aromatic carbocycles. The Morgan fingerprint density at radius 2 is 0.709 bits per heavy atom. The lowest BCUT2D eigenvalue weighted by Gasteiger charge is -2.18. The van der Waals surface area contributed by atoms with Gasteiger partial charge in [-0.1, -0.05) is 210 Å². The van der Waals surface area contributed by atoms with Gasteiger partial charge < -0.3 is 14.2 Å². The minimum Gasteiger partial charge on any atom is -0.462 e. The van der Waals surface area contributed by atoms with E-state index in [0.29, 0.717) is 12.8 Å². The van der Waals surface area contributed by atoms with E-state index in [1.165, 1.54) is 103 Å². The number of hydrogen-bond donors (Lipinski definition) is 0. The van der Waals surface area contributed by atoms with Crippen molar-refractivity contribution in [2.45, 2.75) is 219 Å². The van der Waals surface area contributed by atoms with Crippen molar-refractivity contribution in [3.05, 3.63) is 60.8 Å². The van der Waals surface area contributed by atoms with Gasteiger partial charge in [0.25, 0.3) is 0 Å². The van der Waals surface area contributed by atoms with Crippen LogP contribution in [0.15, 0.2) is 60.8 Å². The summed E-state index contributed by atoms with van der Waals surface area (Å²) in [5.74, 6) is -1.04. The second-order valence-corrected chi connectivity index (χ2v) is 15.0. The van der Waals surface area contributed by atoms with Crippen LogP contribution < -0.4 is 0 Å². The van der Waals surface area contributed by atoms with Gasteiger partial charge in [0.05, 0.1) is 6.42 Å². The van der Waals surface area contributed by atoms with Crippen molar-refractivity contribution in [3.63, 3.8) is 0 Å². The molecule has 0 amide bonds. The zero-order chi connectivity index (χ0) is 40.1. The summed E-state index contributed by atoms with van der Waals surface area (Å²) in [5.41, 5.74) is 0. The van der Waals surface area contributed by atoms with Crippen molar-refractivity contribution in [1.82, 2.24) is 0 Å². The molecule has 0 N–H and O–H groups in total. The van der Waals surface area contributed by atoms with Gasteiger partial charge in [0.15, 0.2) is 6.10 Å². The minimum atomic E-state index is -0.807. The number of rotatable bonds is 40. The number of carbonyl (C=O) groups is 3. The second kappa shape index (κ2) is 43.8. The predicted molar refractivity (Wildman–Crippen MR) is 233 cm³/mol. The lowest BCUT2D eigenvalue weighted by molar-refractivity contribution is -0.166. The first-order valence-corrected chi connectivity index (χ1v) is 22.8. The van der Waals surface area contributed by atoms with Gasteiger partial charge in [0, 0.05) is 12.8 Å². The fourth-order valence-corrected chi connectivity index (χ4v) is 6.16. The average molecular weight is 769 g/mol. The molecule has 0 rings (SSSR count). The van der Waals surface area contributed by atoms with Crippen LogP contribution in [0.2, 0.25) is 0 Å². The number of hydrogen-bond acceptors (Lipinski definition) is 6. The Bertz CT molecular complexity index is 1020. The molecule has 0 bridgehead atoms. The molecule has 6 heteroatoms. The monoisotopic (exact) mass is 769 g/mol. The van der Waals surface area contributed by atoms with E-state index in [-0.39, 0.29) is 31.6 Å². The van der Waals surface area contributed by atoms with Gasteiger partial charge in [-0.05, 0) is 44.9 Å².